The summed E-state index contributed by atoms with van der Waals surface area (Å²) < 4.78 is 6.38. The Morgan fingerprint density at radius 1 is 1.19 bits per heavy atom. The molecule has 2 fully saturated rings. The van der Waals surface area contributed by atoms with Gasteiger partial charge in [-0.2, -0.15) is 0 Å². The fourth-order valence-corrected chi connectivity index (χ4v) is 3.49. The first-order chi connectivity index (χ1) is 7.72. The molecular formula is C14H25BO. The molecule has 0 spiro atoms. The molecule has 2 aliphatic rings. The molecule has 1 nitrogen and oxygen atoms in total. The van der Waals surface area contributed by atoms with Crippen molar-refractivity contribution >= 4 is 7.85 Å². The zero-order valence-corrected chi connectivity index (χ0v) is 10.7. The van der Waals surface area contributed by atoms with E-state index in [2.05, 4.69) is 6.92 Å². The van der Waals surface area contributed by atoms with E-state index in [0.29, 0.717) is 6.10 Å². The van der Waals surface area contributed by atoms with E-state index in [1.165, 1.54) is 57.8 Å². The Labute approximate surface area is 102 Å². The van der Waals surface area contributed by atoms with Crippen LogP contribution in [-0.2, 0) is 4.74 Å². The summed E-state index contributed by atoms with van der Waals surface area (Å²) >= 11 is 0. The number of hydrogen-bond donors (Lipinski definition) is 0. The van der Waals surface area contributed by atoms with Crippen LogP contribution in [0.25, 0.3) is 0 Å². The monoisotopic (exact) mass is 220 g/mol. The summed E-state index contributed by atoms with van der Waals surface area (Å²) in [6.45, 7) is 2.31. The molecule has 2 heteroatoms. The predicted octanol–water partition coefficient (Wildman–Crippen LogP) is 3.87. The lowest BCUT2D eigenvalue weighted by Crippen LogP contribution is -2.33. The van der Waals surface area contributed by atoms with Crippen LogP contribution in [0.15, 0.2) is 0 Å². The third-order valence-corrected chi connectivity index (χ3v) is 4.42. The molecule has 2 aliphatic carbocycles. The minimum absolute atomic E-state index is 0.204. The van der Waals surface area contributed by atoms with Crippen molar-refractivity contribution in [3.63, 3.8) is 0 Å². The first-order valence-corrected chi connectivity index (χ1v) is 7.10. The molecule has 0 saturated heterocycles. The van der Waals surface area contributed by atoms with Crippen LogP contribution in [0.3, 0.4) is 0 Å². The van der Waals surface area contributed by atoms with Gasteiger partial charge in [-0.05, 0) is 38.5 Å². The highest BCUT2D eigenvalue weighted by Gasteiger charge is 2.33. The van der Waals surface area contributed by atoms with Gasteiger partial charge in [0.25, 0.3) is 0 Å². The topological polar surface area (TPSA) is 9.23 Å². The van der Waals surface area contributed by atoms with E-state index in [0.717, 1.165) is 12.2 Å². The second-order valence-corrected chi connectivity index (χ2v) is 6.01. The Balaban J connectivity index is 1.80. The minimum Gasteiger partial charge on any atom is -0.372 e. The van der Waals surface area contributed by atoms with Crippen LogP contribution in [0.1, 0.15) is 64.7 Å². The highest BCUT2D eigenvalue weighted by atomic mass is 16.5. The summed E-state index contributed by atoms with van der Waals surface area (Å²) in [7, 11) is 5.65. The summed E-state index contributed by atoms with van der Waals surface area (Å²) in [5, 5.41) is 0. The SMILES string of the molecule is [B]CCC1CCCC(OC2(C)CCCC2)C1. The van der Waals surface area contributed by atoms with Gasteiger partial charge >= 0.3 is 0 Å². The quantitative estimate of drug-likeness (QED) is 0.653. The molecular weight excluding hydrogens is 195 g/mol. The lowest BCUT2D eigenvalue weighted by atomic mass is 9.81. The number of rotatable bonds is 4. The van der Waals surface area contributed by atoms with Gasteiger partial charge in [0.05, 0.1) is 19.6 Å². The fourth-order valence-electron chi connectivity index (χ4n) is 3.49. The molecule has 0 aromatic rings. The van der Waals surface area contributed by atoms with Gasteiger partial charge in [0.15, 0.2) is 0 Å². The molecule has 2 unspecified atom stereocenters. The van der Waals surface area contributed by atoms with Crippen molar-refractivity contribution in [2.75, 3.05) is 0 Å². The normalized spacial score (nSPS) is 34.1. The highest BCUT2D eigenvalue weighted by Crippen LogP contribution is 2.38. The predicted molar refractivity (Wildman–Crippen MR) is 68.9 cm³/mol. The fraction of sp³-hybridized carbons (Fsp3) is 1.00. The van der Waals surface area contributed by atoms with Crippen molar-refractivity contribution in [1.29, 1.82) is 0 Å². The third kappa shape index (κ3) is 3.26. The van der Waals surface area contributed by atoms with E-state index in [9.17, 15) is 0 Å². The van der Waals surface area contributed by atoms with Gasteiger partial charge in [0.1, 0.15) is 0 Å². The molecule has 0 amide bonds. The van der Waals surface area contributed by atoms with Crippen molar-refractivity contribution in [3.8, 4) is 0 Å². The summed E-state index contributed by atoms with van der Waals surface area (Å²) in [6, 6.07) is 0. The van der Waals surface area contributed by atoms with Gasteiger partial charge in [-0.3, -0.25) is 0 Å². The van der Waals surface area contributed by atoms with Crippen molar-refractivity contribution < 1.29 is 4.74 Å². The minimum atomic E-state index is 0.204. The standard InChI is InChI=1S/C14H25BO/c1-14(8-2-3-9-14)16-13-6-4-5-12(11-13)7-10-15/h12-13H,2-11H2,1H3. The molecule has 0 heterocycles. The van der Waals surface area contributed by atoms with E-state index in [4.69, 9.17) is 12.6 Å². The zero-order valence-electron chi connectivity index (χ0n) is 10.7. The van der Waals surface area contributed by atoms with E-state index < -0.39 is 0 Å². The van der Waals surface area contributed by atoms with Crippen molar-refractivity contribution in [1.82, 2.24) is 0 Å². The van der Waals surface area contributed by atoms with Crippen molar-refractivity contribution in [2.45, 2.75) is 82.7 Å². The third-order valence-electron chi connectivity index (χ3n) is 4.42. The second-order valence-electron chi connectivity index (χ2n) is 6.01. The molecule has 0 bridgehead atoms. The number of ether oxygens (including phenoxy) is 1. The average molecular weight is 220 g/mol. The first kappa shape index (κ1) is 12.5. The molecule has 90 valence electrons. The molecule has 2 radical (unpaired) electrons. The maximum Gasteiger partial charge on any atom is 0.0658 e. The van der Waals surface area contributed by atoms with E-state index in [-0.39, 0.29) is 5.60 Å². The Morgan fingerprint density at radius 2 is 1.94 bits per heavy atom. The molecule has 2 atom stereocenters. The van der Waals surface area contributed by atoms with Crippen LogP contribution in [0.5, 0.6) is 0 Å². The molecule has 0 aromatic heterocycles. The zero-order chi connectivity index (χ0) is 11.4. The molecule has 0 N–H and O–H groups in total. The second kappa shape index (κ2) is 5.57. The van der Waals surface area contributed by atoms with Crippen LogP contribution < -0.4 is 0 Å². The maximum absolute atomic E-state index is 6.38. The van der Waals surface area contributed by atoms with Crippen LogP contribution in [0.4, 0.5) is 0 Å². The van der Waals surface area contributed by atoms with Gasteiger partial charge in [0, 0.05) is 0 Å². The van der Waals surface area contributed by atoms with E-state index >= 15 is 0 Å². The van der Waals surface area contributed by atoms with Crippen molar-refractivity contribution in [2.24, 2.45) is 5.92 Å². The van der Waals surface area contributed by atoms with Gasteiger partial charge in [-0.25, -0.2) is 0 Å². The highest BCUT2D eigenvalue weighted by molar-refractivity contribution is 6.08. The lowest BCUT2D eigenvalue weighted by Gasteiger charge is -2.35. The maximum atomic E-state index is 6.38. The smallest absolute Gasteiger partial charge is 0.0658 e. The van der Waals surface area contributed by atoms with Crippen molar-refractivity contribution in [3.05, 3.63) is 0 Å². The first-order valence-electron chi connectivity index (χ1n) is 7.10. The molecule has 0 aromatic carbocycles. The Morgan fingerprint density at radius 3 is 2.62 bits per heavy atom. The van der Waals surface area contributed by atoms with Gasteiger partial charge in [-0.15, -0.1) is 0 Å². The van der Waals surface area contributed by atoms with Crippen LogP contribution >= 0.6 is 0 Å². The molecule has 0 aliphatic heterocycles. The Bertz CT molecular complexity index is 209. The van der Waals surface area contributed by atoms with Gasteiger partial charge in [-0.1, -0.05) is 38.4 Å². The molecule has 2 saturated carbocycles. The lowest BCUT2D eigenvalue weighted by molar-refractivity contribution is -0.0980. The Hall–Kier alpha value is 0.0249. The number of hydrogen-bond acceptors (Lipinski definition) is 1. The summed E-state index contributed by atoms with van der Waals surface area (Å²) in [5.41, 5.74) is 0.204. The van der Waals surface area contributed by atoms with E-state index in [1.54, 1.807) is 0 Å². The van der Waals surface area contributed by atoms with E-state index in [1.807, 2.05) is 0 Å². The summed E-state index contributed by atoms with van der Waals surface area (Å²) in [6.07, 6.45) is 13.0. The van der Waals surface area contributed by atoms with Crippen LogP contribution in [0, 0.1) is 5.92 Å². The molecule has 2 rings (SSSR count). The van der Waals surface area contributed by atoms with Gasteiger partial charge in [0.2, 0.25) is 0 Å². The van der Waals surface area contributed by atoms with Crippen LogP contribution in [-0.4, -0.2) is 19.6 Å². The largest absolute Gasteiger partial charge is 0.372 e. The average Bonchev–Trinajstić information content (AvgIpc) is 2.66. The molecule has 16 heavy (non-hydrogen) atoms. The van der Waals surface area contributed by atoms with Crippen LogP contribution in [0.2, 0.25) is 6.32 Å². The van der Waals surface area contributed by atoms with Gasteiger partial charge < -0.3 is 4.74 Å². The Kier molecular flexibility index (Phi) is 4.35. The summed E-state index contributed by atoms with van der Waals surface area (Å²) in [4.78, 5) is 0. The summed E-state index contributed by atoms with van der Waals surface area (Å²) in [5.74, 6) is 0.828.